The highest BCUT2D eigenvalue weighted by Crippen LogP contribution is 2.32. The van der Waals surface area contributed by atoms with Crippen LogP contribution in [0.2, 0.25) is 0 Å². The first-order valence-electron chi connectivity index (χ1n) is 11.7. The number of ether oxygens (including phenoxy) is 1. The van der Waals surface area contributed by atoms with Crippen LogP contribution in [0, 0.1) is 5.95 Å². The molecule has 2 N–H and O–H groups in total. The van der Waals surface area contributed by atoms with E-state index >= 15 is 4.39 Å². The summed E-state index contributed by atoms with van der Waals surface area (Å²) >= 11 is 0. The summed E-state index contributed by atoms with van der Waals surface area (Å²) in [7, 11) is -1.65. The number of carbonyl (C=O) groups is 1. The van der Waals surface area contributed by atoms with Crippen LogP contribution in [0.1, 0.15) is 67.8 Å². The van der Waals surface area contributed by atoms with Crippen LogP contribution in [0.15, 0.2) is 18.2 Å². The maximum Gasteiger partial charge on any atom is 0.274 e. The summed E-state index contributed by atoms with van der Waals surface area (Å²) in [5.41, 5.74) is -0.0636. The van der Waals surface area contributed by atoms with E-state index in [9.17, 15) is 18.3 Å². The number of hydrogen-bond donors (Lipinski definition) is 2. The van der Waals surface area contributed by atoms with Crippen LogP contribution in [-0.4, -0.2) is 59.7 Å². The molecule has 10 heteroatoms. The number of nitrogens with one attached hydrogen (secondary N) is 1. The minimum absolute atomic E-state index is 0.106. The SMILES string of the molecule is CCCc1ccc(-n2c(CC)nc(C(=O)NCC3(O)CCC(S(C)(=O)=O)CC3)c2F)c(OC)c1. The smallest absolute Gasteiger partial charge is 0.274 e. The summed E-state index contributed by atoms with van der Waals surface area (Å²) in [4.78, 5) is 17.0. The molecular weight excluding hydrogens is 461 g/mol. The van der Waals surface area contributed by atoms with E-state index in [2.05, 4.69) is 17.2 Å². The van der Waals surface area contributed by atoms with Crippen LogP contribution in [0.3, 0.4) is 0 Å². The zero-order valence-electron chi connectivity index (χ0n) is 20.2. The number of nitrogens with zero attached hydrogens (tertiary/aromatic N) is 2. The molecule has 188 valence electrons. The molecule has 1 aliphatic carbocycles. The summed E-state index contributed by atoms with van der Waals surface area (Å²) < 4.78 is 45.8. The van der Waals surface area contributed by atoms with Gasteiger partial charge in [-0.25, -0.2) is 13.4 Å². The lowest BCUT2D eigenvalue weighted by atomic mass is 9.84. The molecule has 2 aromatic rings. The fourth-order valence-electron chi connectivity index (χ4n) is 4.48. The molecule has 1 saturated carbocycles. The molecule has 1 aromatic carbocycles. The predicted octanol–water partition coefficient (Wildman–Crippen LogP) is 2.98. The third-order valence-corrected chi connectivity index (χ3v) is 8.17. The average molecular weight is 496 g/mol. The van der Waals surface area contributed by atoms with E-state index in [-0.39, 0.29) is 25.1 Å². The van der Waals surface area contributed by atoms with Gasteiger partial charge in [0.05, 0.1) is 23.6 Å². The minimum atomic E-state index is -3.17. The number of aromatic nitrogens is 2. The molecule has 1 heterocycles. The number of aryl methyl sites for hydroxylation is 2. The largest absolute Gasteiger partial charge is 0.495 e. The molecular formula is C24H34FN3O5S. The zero-order chi connectivity index (χ0) is 25.1. The van der Waals surface area contributed by atoms with Crippen LogP contribution in [-0.2, 0) is 22.7 Å². The third-order valence-electron chi connectivity index (χ3n) is 6.49. The maximum atomic E-state index is 15.5. The second-order valence-electron chi connectivity index (χ2n) is 9.05. The number of aliphatic hydroxyl groups is 1. The van der Waals surface area contributed by atoms with Crippen molar-refractivity contribution < 1.29 is 27.4 Å². The Morgan fingerprint density at radius 1 is 1.32 bits per heavy atom. The van der Waals surface area contributed by atoms with E-state index in [0.717, 1.165) is 18.4 Å². The first-order chi connectivity index (χ1) is 16.0. The van der Waals surface area contributed by atoms with Crippen LogP contribution in [0.5, 0.6) is 5.75 Å². The molecule has 0 aliphatic heterocycles. The highest BCUT2D eigenvalue weighted by Gasteiger charge is 2.37. The van der Waals surface area contributed by atoms with Gasteiger partial charge in [0.15, 0.2) is 5.69 Å². The quantitative estimate of drug-likeness (QED) is 0.553. The fraction of sp³-hybridized carbons (Fsp3) is 0.583. The fourth-order valence-corrected chi connectivity index (χ4v) is 5.58. The van der Waals surface area contributed by atoms with E-state index in [4.69, 9.17) is 4.74 Å². The van der Waals surface area contributed by atoms with Crippen molar-refractivity contribution in [3.05, 3.63) is 41.2 Å². The molecule has 1 amide bonds. The van der Waals surface area contributed by atoms with Crippen molar-refractivity contribution in [2.24, 2.45) is 0 Å². The van der Waals surface area contributed by atoms with E-state index in [1.165, 1.54) is 17.9 Å². The Hall–Kier alpha value is -2.46. The summed E-state index contributed by atoms with van der Waals surface area (Å²) in [6.45, 7) is 3.79. The van der Waals surface area contributed by atoms with E-state index in [1.54, 1.807) is 6.07 Å². The van der Waals surface area contributed by atoms with Crippen LogP contribution < -0.4 is 10.1 Å². The van der Waals surface area contributed by atoms with Crippen molar-refractivity contribution in [3.63, 3.8) is 0 Å². The molecule has 0 radical (unpaired) electrons. The Bertz CT molecular complexity index is 1140. The van der Waals surface area contributed by atoms with Crippen LogP contribution in [0.25, 0.3) is 5.69 Å². The number of hydrogen-bond acceptors (Lipinski definition) is 6. The Labute approximate surface area is 200 Å². The number of halogens is 1. The lowest BCUT2D eigenvalue weighted by molar-refractivity contribution is 0.00602. The molecule has 0 spiro atoms. The van der Waals surface area contributed by atoms with Gasteiger partial charge in [0.1, 0.15) is 21.4 Å². The standard InChI is InChI=1S/C24H34FN3O5S/c1-5-7-16-8-9-18(19(14-16)33-3)28-20(6-2)27-21(22(28)25)23(29)26-15-24(30)12-10-17(11-13-24)34(4,31)32/h8-9,14,17,30H,5-7,10-13,15H2,1-4H3,(H,26,29). The number of carbonyl (C=O) groups excluding carboxylic acids is 1. The first-order valence-corrected chi connectivity index (χ1v) is 13.6. The van der Waals surface area contributed by atoms with E-state index in [0.29, 0.717) is 36.5 Å². The van der Waals surface area contributed by atoms with E-state index in [1.807, 2.05) is 19.1 Å². The van der Waals surface area contributed by atoms with Gasteiger partial charge in [-0.15, -0.1) is 0 Å². The molecule has 1 aromatic heterocycles. The number of methoxy groups -OCH3 is 1. The number of sulfone groups is 1. The summed E-state index contributed by atoms with van der Waals surface area (Å²) in [5.74, 6) is -0.674. The molecule has 0 bridgehead atoms. The van der Waals surface area contributed by atoms with Gasteiger partial charge in [-0.2, -0.15) is 4.39 Å². The maximum absolute atomic E-state index is 15.5. The molecule has 0 unspecified atom stereocenters. The number of rotatable bonds is 9. The summed E-state index contributed by atoms with van der Waals surface area (Å²) in [5, 5.41) is 12.9. The number of imidazole rings is 1. The molecule has 0 atom stereocenters. The van der Waals surface area contributed by atoms with Crippen molar-refractivity contribution in [1.82, 2.24) is 14.9 Å². The predicted molar refractivity (Wildman–Crippen MR) is 128 cm³/mol. The van der Waals surface area contributed by atoms with Crippen molar-refractivity contribution in [1.29, 1.82) is 0 Å². The van der Waals surface area contributed by atoms with E-state index < -0.39 is 32.5 Å². The zero-order valence-corrected chi connectivity index (χ0v) is 21.0. The molecule has 0 saturated heterocycles. The highest BCUT2D eigenvalue weighted by atomic mass is 32.2. The Balaban J connectivity index is 1.80. The lowest BCUT2D eigenvalue weighted by Crippen LogP contribution is -2.47. The van der Waals surface area contributed by atoms with Gasteiger partial charge in [-0.1, -0.05) is 26.3 Å². The van der Waals surface area contributed by atoms with Crippen molar-refractivity contribution >= 4 is 15.7 Å². The Kier molecular flexibility index (Phi) is 8.02. The van der Waals surface area contributed by atoms with Gasteiger partial charge in [-0.3, -0.25) is 9.36 Å². The van der Waals surface area contributed by atoms with Crippen LogP contribution >= 0.6 is 0 Å². The molecule has 1 fully saturated rings. The molecule has 1 aliphatic rings. The van der Waals surface area contributed by atoms with Gasteiger partial charge in [0.2, 0.25) is 5.95 Å². The van der Waals surface area contributed by atoms with Crippen LogP contribution in [0.4, 0.5) is 4.39 Å². The number of amides is 1. The van der Waals surface area contributed by atoms with Crippen molar-refractivity contribution in [2.45, 2.75) is 69.6 Å². The van der Waals surface area contributed by atoms with Crippen molar-refractivity contribution in [3.8, 4) is 11.4 Å². The first kappa shape index (κ1) is 26.2. The topological polar surface area (TPSA) is 111 Å². The molecule has 8 nitrogen and oxygen atoms in total. The number of benzene rings is 1. The average Bonchev–Trinajstić information content (AvgIpc) is 3.13. The van der Waals surface area contributed by atoms with Gasteiger partial charge in [-0.05, 0) is 49.8 Å². The normalized spacial score (nSPS) is 20.8. The van der Waals surface area contributed by atoms with Gasteiger partial charge < -0.3 is 15.2 Å². The van der Waals surface area contributed by atoms with Gasteiger partial charge in [0, 0.05) is 19.2 Å². The van der Waals surface area contributed by atoms with Gasteiger partial charge in [0.25, 0.3) is 5.91 Å². The summed E-state index contributed by atoms with van der Waals surface area (Å²) in [6, 6.07) is 5.53. The molecule has 34 heavy (non-hydrogen) atoms. The van der Waals surface area contributed by atoms with Crippen molar-refractivity contribution in [2.75, 3.05) is 19.9 Å². The highest BCUT2D eigenvalue weighted by molar-refractivity contribution is 7.91. The van der Waals surface area contributed by atoms with Gasteiger partial charge >= 0.3 is 0 Å². The minimum Gasteiger partial charge on any atom is -0.495 e. The monoisotopic (exact) mass is 495 g/mol. The Morgan fingerprint density at radius 3 is 2.56 bits per heavy atom. The summed E-state index contributed by atoms with van der Waals surface area (Å²) in [6.07, 6.45) is 4.54. The molecule has 3 rings (SSSR count). The second-order valence-corrected chi connectivity index (χ2v) is 11.4. The second kappa shape index (κ2) is 10.4. The third kappa shape index (κ3) is 5.60. The lowest BCUT2D eigenvalue weighted by Gasteiger charge is -2.35. The Morgan fingerprint density at radius 2 is 2.00 bits per heavy atom.